The lowest BCUT2D eigenvalue weighted by Gasteiger charge is -2.09. The molecule has 3 N–H and O–H groups in total. The second kappa shape index (κ2) is 6.03. The zero-order valence-electron chi connectivity index (χ0n) is 10.6. The van der Waals surface area contributed by atoms with Crippen molar-refractivity contribution in [3.8, 4) is 5.75 Å². The van der Waals surface area contributed by atoms with Crippen LogP contribution in [0.2, 0.25) is 10.0 Å². The van der Waals surface area contributed by atoms with Crippen LogP contribution in [0.4, 0.5) is 11.4 Å². The molecule has 0 unspecified atom stereocenters. The van der Waals surface area contributed by atoms with Crippen molar-refractivity contribution >= 4 is 40.5 Å². The first-order valence-corrected chi connectivity index (χ1v) is 6.47. The number of carbonyl (C=O) groups excluding carboxylic acids is 1. The quantitative estimate of drug-likeness (QED) is 0.847. The van der Waals surface area contributed by atoms with Crippen molar-refractivity contribution in [1.29, 1.82) is 0 Å². The number of amides is 1. The summed E-state index contributed by atoms with van der Waals surface area (Å²) in [6.07, 6.45) is 0. The molecule has 0 bridgehead atoms. The molecular formula is C14H12Cl2N2O2. The molecule has 0 atom stereocenters. The summed E-state index contributed by atoms with van der Waals surface area (Å²) in [6, 6.07) is 9.66. The molecule has 0 aliphatic carbocycles. The molecule has 0 aliphatic rings. The van der Waals surface area contributed by atoms with Crippen molar-refractivity contribution in [3.05, 3.63) is 52.0 Å². The van der Waals surface area contributed by atoms with Gasteiger partial charge in [-0.2, -0.15) is 0 Å². The number of hydrogen-bond acceptors (Lipinski definition) is 3. The summed E-state index contributed by atoms with van der Waals surface area (Å²) in [5.41, 5.74) is 7.16. The molecule has 20 heavy (non-hydrogen) atoms. The molecule has 0 heterocycles. The summed E-state index contributed by atoms with van der Waals surface area (Å²) in [5, 5.41) is 3.52. The van der Waals surface area contributed by atoms with Gasteiger partial charge in [-0.1, -0.05) is 23.2 Å². The smallest absolute Gasteiger partial charge is 0.255 e. The molecular weight excluding hydrogens is 299 g/mol. The van der Waals surface area contributed by atoms with Crippen LogP contribution in [0.1, 0.15) is 10.4 Å². The highest BCUT2D eigenvalue weighted by Crippen LogP contribution is 2.26. The third kappa shape index (κ3) is 3.15. The molecule has 4 nitrogen and oxygen atoms in total. The maximum absolute atomic E-state index is 12.1. The van der Waals surface area contributed by atoms with Gasteiger partial charge in [0.1, 0.15) is 5.75 Å². The van der Waals surface area contributed by atoms with Crippen LogP contribution in [0.3, 0.4) is 0 Å². The van der Waals surface area contributed by atoms with Crippen LogP contribution in [0, 0.1) is 0 Å². The van der Waals surface area contributed by atoms with Gasteiger partial charge in [0, 0.05) is 11.3 Å². The van der Waals surface area contributed by atoms with E-state index in [4.69, 9.17) is 33.7 Å². The molecule has 0 radical (unpaired) electrons. The van der Waals surface area contributed by atoms with Crippen LogP contribution in [0.5, 0.6) is 5.75 Å². The number of methoxy groups -OCH3 is 1. The summed E-state index contributed by atoms with van der Waals surface area (Å²) in [4.78, 5) is 12.1. The van der Waals surface area contributed by atoms with Crippen molar-refractivity contribution in [2.45, 2.75) is 0 Å². The topological polar surface area (TPSA) is 64.3 Å². The largest absolute Gasteiger partial charge is 0.495 e. The van der Waals surface area contributed by atoms with Crippen molar-refractivity contribution in [3.63, 3.8) is 0 Å². The Hall–Kier alpha value is -1.91. The van der Waals surface area contributed by atoms with E-state index in [9.17, 15) is 4.79 Å². The van der Waals surface area contributed by atoms with Gasteiger partial charge in [-0.05, 0) is 36.4 Å². The predicted octanol–water partition coefficient (Wildman–Crippen LogP) is 3.84. The molecule has 0 saturated carbocycles. The Balaban J connectivity index is 2.21. The van der Waals surface area contributed by atoms with Crippen molar-refractivity contribution in [2.24, 2.45) is 0 Å². The Morgan fingerprint density at radius 2 is 1.90 bits per heavy atom. The number of anilines is 2. The third-order valence-corrected chi connectivity index (χ3v) is 3.41. The Morgan fingerprint density at radius 1 is 1.15 bits per heavy atom. The molecule has 0 aromatic heterocycles. The van der Waals surface area contributed by atoms with Gasteiger partial charge < -0.3 is 15.8 Å². The van der Waals surface area contributed by atoms with E-state index in [0.29, 0.717) is 32.7 Å². The van der Waals surface area contributed by atoms with Gasteiger partial charge in [-0.3, -0.25) is 4.79 Å². The summed E-state index contributed by atoms with van der Waals surface area (Å²) in [5.74, 6) is 0.161. The number of ether oxygens (including phenoxy) is 1. The standard InChI is InChI=1S/C14H12Cl2N2O2/c1-20-13-6-8(2-5-12(13)17)14(19)18-9-3-4-10(15)11(16)7-9/h2-7H,17H2,1H3,(H,18,19). The first-order chi connectivity index (χ1) is 9.51. The number of carbonyl (C=O) groups is 1. The maximum atomic E-state index is 12.1. The molecule has 0 spiro atoms. The van der Waals surface area contributed by atoms with Gasteiger partial charge in [0.05, 0.1) is 22.8 Å². The predicted molar refractivity (Wildman–Crippen MR) is 81.8 cm³/mol. The average Bonchev–Trinajstić information content (AvgIpc) is 2.43. The number of hydrogen-bond donors (Lipinski definition) is 2. The van der Waals surface area contributed by atoms with Gasteiger partial charge in [0.2, 0.25) is 0 Å². The Morgan fingerprint density at radius 3 is 2.55 bits per heavy atom. The summed E-state index contributed by atoms with van der Waals surface area (Å²) in [7, 11) is 1.49. The number of nitrogens with one attached hydrogen (secondary N) is 1. The number of nitrogens with two attached hydrogens (primary N) is 1. The number of benzene rings is 2. The molecule has 0 fully saturated rings. The second-order valence-electron chi connectivity index (χ2n) is 4.04. The minimum absolute atomic E-state index is 0.290. The van der Waals surface area contributed by atoms with Crippen LogP contribution >= 0.6 is 23.2 Å². The summed E-state index contributed by atoms with van der Waals surface area (Å²) < 4.78 is 5.08. The molecule has 0 aliphatic heterocycles. The van der Waals surface area contributed by atoms with Crippen LogP contribution in [-0.4, -0.2) is 13.0 Å². The van der Waals surface area contributed by atoms with Crippen molar-refractivity contribution in [2.75, 3.05) is 18.2 Å². The number of rotatable bonds is 3. The fourth-order valence-corrected chi connectivity index (χ4v) is 1.93. The van der Waals surface area contributed by atoms with Crippen molar-refractivity contribution in [1.82, 2.24) is 0 Å². The highest BCUT2D eigenvalue weighted by atomic mass is 35.5. The fourth-order valence-electron chi connectivity index (χ4n) is 1.63. The zero-order valence-corrected chi connectivity index (χ0v) is 12.1. The number of halogens is 2. The molecule has 2 aromatic carbocycles. The summed E-state index contributed by atoms with van der Waals surface area (Å²) >= 11 is 11.7. The van der Waals surface area contributed by atoms with E-state index in [-0.39, 0.29) is 5.91 Å². The van der Waals surface area contributed by atoms with Gasteiger partial charge in [-0.15, -0.1) is 0 Å². The maximum Gasteiger partial charge on any atom is 0.255 e. The SMILES string of the molecule is COc1cc(C(=O)Nc2ccc(Cl)c(Cl)c2)ccc1N. The zero-order chi connectivity index (χ0) is 14.7. The molecule has 2 rings (SSSR count). The van der Waals surface area contributed by atoms with E-state index in [1.165, 1.54) is 7.11 Å². The lowest BCUT2D eigenvalue weighted by atomic mass is 10.1. The van der Waals surface area contributed by atoms with Crippen LogP contribution in [0.25, 0.3) is 0 Å². The van der Waals surface area contributed by atoms with Crippen LogP contribution in [0.15, 0.2) is 36.4 Å². The monoisotopic (exact) mass is 310 g/mol. The first-order valence-electron chi connectivity index (χ1n) is 5.71. The minimum Gasteiger partial charge on any atom is -0.495 e. The lowest BCUT2D eigenvalue weighted by Crippen LogP contribution is -2.12. The second-order valence-corrected chi connectivity index (χ2v) is 4.85. The van der Waals surface area contributed by atoms with Crippen molar-refractivity contribution < 1.29 is 9.53 Å². The normalized spacial score (nSPS) is 10.2. The third-order valence-electron chi connectivity index (χ3n) is 2.67. The van der Waals surface area contributed by atoms with Crippen LogP contribution < -0.4 is 15.8 Å². The number of nitrogen functional groups attached to an aromatic ring is 1. The van der Waals surface area contributed by atoms with Gasteiger partial charge in [-0.25, -0.2) is 0 Å². The lowest BCUT2D eigenvalue weighted by molar-refractivity contribution is 0.102. The Kier molecular flexibility index (Phi) is 4.37. The van der Waals surface area contributed by atoms with E-state index in [1.54, 1.807) is 36.4 Å². The van der Waals surface area contributed by atoms with Gasteiger partial charge in [0.15, 0.2) is 0 Å². The van der Waals surface area contributed by atoms with E-state index >= 15 is 0 Å². The Bertz CT molecular complexity index is 660. The van der Waals surface area contributed by atoms with E-state index in [1.807, 2.05) is 0 Å². The van der Waals surface area contributed by atoms with Gasteiger partial charge >= 0.3 is 0 Å². The first kappa shape index (κ1) is 14.5. The van der Waals surface area contributed by atoms with E-state index in [0.717, 1.165) is 0 Å². The average molecular weight is 311 g/mol. The molecule has 104 valence electrons. The van der Waals surface area contributed by atoms with E-state index < -0.39 is 0 Å². The highest BCUT2D eigenvalue weighted by Gasteiger charge is 2.10. The molecule has 0 saturated heterocycles. The fraction of sp³-hybridized carbons (Fsp3) is 0.0714. The van der Waals surface area contributed by atoms with Crippen LogP contribution in [-0.2, 0) is 0 Å². The molecule has 6 heteroatoms. The van der Waals surface area contributed by atoms with E-state index in [2.05, 4.69) is 5.32 Å². The summed E-state index contributed by atoms with van der Waals surface area (Å²) in [6.45, 7) is 0. The molecule has 2 aromatic rings. The van der Waals surface area contributed by atoms with Gasteiger partial charge in [0.25, 0.3) is 5.91 Å². The minimum atomic E-state index is -0.290. The Labute approximate surface area is 126 Å². The molecule has 1 amide bonds. The highest BCUT2D eigenvalue weighted by molar-refractivity contribution is 6.42.